The Hall–Kier alpha value is -2.12. The van der Waals surface area contributed by atoms with Crippen molar-refractivity contribution in [3.05, 3.63) is 53.3 Å². The molecule has 1 aliphatic carbocycles. The largest absolute Gasteiger partial charge is 0.477 e. The topological polar surface area (TPSA) is 88.4 Å². The van der Waals surface area contributed by atoms with Gasteiger partial charge in [0.1, 0.15) is 10.6 Å². The zero-order chi connectivity index (χ0) is 15.9. The summed E-state index contributed by atoms with van der Waals surface area (Å²) in [5.41, 5.74) is 2.07. The molecule has 116 valence electrons. The minimum atomic E-state index is -3.76. The highest BCUT2D eigenvalue weighted by Gasteiger charge is 2.28. The molecule has 6 nitrogen and oxygen atoms in total. The maximum absolute atomic E-state index is 12.5. The Morgan fingerprint density at radius 2 is 2.09 bits per heavy atom. The summed E-state index contributed by atoms with van der Waals surface area (Å²) in [7, 11) is -2.25. The molecule has 0 unspecified atom stereocenters. The number of carboxylic acid groups (broad SMARTS) is 1. The molecule has 7 heteroatoms. The van der Waals surface area contributed by atoms with Crippen molar-refractivity contribution in [2.75, 3.05) is 0 Å². The highest BCUT2D eigenvalue weighted by Crippen LogP contribution is 2.32. The molecule has 22 heavy (non-hydrogen) atoms. The van der Waals surface area contributed by atoms with Gasteiger partial charge in [-0.05, 0) is 30.0 Å². The van der Waals surface area contributed by atoms with Crippen LogP contribution in [0.4, 0.5) is 0 Å². The molecular weight excluding hydrogens is 304 g/mol. The number of aromatic carboxylic acids is 1. The summed E-state index contributed by atoms with van der Waals surface area (Å²) in [6.07, 6.45) is 2.85. The lowest BCUT2D eigenvalue weighted by Gasteiger charge is -2.13. The molecule has 0 spiro atoms. The molecule has 1 aromatic carbocycles. The highest BCUT2D eigenvalue weighted by atomic mass is 32.2. The van der Waals surface area contributed by atoms with E-state index in [-0.39, 0.29) is 16.6 Å². The molecule has 0 bridgehead atoms. The second kappa shape index (κ2) is 5.26. The summed E-state index contributed by atoms with van der Waals surface area (Å²) in [6.45, 7) is 0. The number of aromatic nitrogens is 1. The van der Waals surface area contributed by atoms with Gasteiger partial charge in [-0.25, -0.2) is 17.9 Å². The fraction of sp³-hybridized carbons (Fsp3) is 0.267. The molecule has 0 amide bonds. The van der Waals surface area contributed by atoms with Gasteiger partial charge in [0.05, 0.1) is 0 Å². The van der Waals surface area contributed by atoms with E-state index in [0.717, 1.165) is 17.5 Å². The maximum Gasteiger partial charge on any atom is 0.352 e. The Morgan fingerprint density at radius 3 is 2.77 bits per heavy atom. The molecule has 0 radical (unpaired) electrons. The average Bonchev–Trinajstić information content (AvgIpc) is 3.03. The van der Waals surface area contributed by atoms with Crippen LogP contribution in [0.1, 0.15) is 34.1 Å². The Morgan fingerprint density at radius 1 is 1.36 bits per heavy atom. The van der Waals surface area contributed by atoms with E-state index >= 15 is 0 Å². The lowest BCUT2D eigenvalue weighted by Crippen LogP contribution is -2.27. The first-order valence-corrected chi connectivity index (χ1v) is 8.36. The average molecular weight is 320 g/mol. The van der Waals surface area contributed by atoms with Gasteiger partial charge in [-0.1, -0.05) is 24.3 Å². The number of carbonyl (C=O) groups is 1. The molecule has 1 aromatic heterocycles. The molecule has 0 fully saturated rings. The van der Waals surface area contributed by atoms with Crippen molar-refractivity contribution in [2.45, 2.75) is 23.8 Å². The van der Waals surface area contributed by atoms with Gasteiger partial charge in [0, 0.05) is 19.3 Å². The predicted molar refractivity (Wildman–Crippen MR) is 80.2 cm³/mol. The number of hydrogen-bond acceptors (Lipinski definition) is 3. The quantitative estimate of drug-likeness (QED) is 0.897. The smallest absolute Gasteiger partial charge is 0.352 e. The van der Waals surface area contributed by atoms with Crippen LogP contribution in [-0.2, 0) is 23.5 Å². The Bertz CT molecular complexity index is 839. The highest BCUT2D eigenvalue weighted by molar-refractivity contribution is 7.89. The SMILES string of the molecule is Cn1cc(S(=O)(=O)N[C@@H]2CCc3ccccc32)cc1C(=O)O. The van der Waals surface area contributed by atoms with E-state index in [1.54, 1.807) is 0 Å². The van der Waals surface area contributed by atoms with Crippen LogP contribution in [0.25, 0.3) is 0 Å². The van der Waals surface area contributed by atoms with Crippen LogP contribution in [0, 0.1) is 0 Å². The normalized spacial score (nSPS) is 17.4. The Kier molecular flexibility index (Phi) is 3.54. The summed E-state index contributed by atoms with van der Waals surface area (Å²) in [5.74, 6) is -1.16. The molecule has 1 atom stereocenters. The van der Waals surface area contributed by atoms with Crippen molar-refractivity contribution in [1.82, 2.24) is 9.29 Å². The van der Waals surface area contributed by atoms with Crippen LogP contribution in [0.2, 0.25) is 0 Å². The molecule has 2 aromatic rings. The van der Waals surface area contributed by atoms with Gasteiger partial charge in [-0.15, -0.1) is 0 Å². The minimum absolute atomic E-state index is 0.0308. The standard InChI is InChI=1S/C15H16N2O4S/c1-17-9-11(8-14(17)15(18)19)22(20,21)16-13-7-6-10-4-2-3-5-12(10)13/h2-5,8-9,13,16H,6-7H2,1H3,(H,18,19)/t13-/m1/s1. The number of carboxylic acids is 1. The number of nitrogens with zero attached hydrogens (tertiary/aromatic N) is 1. The first-order valence-electron chi connectivity index (χ1n) is 6.88. The van der Waals surface area contributed by atoms with Crippen LogP contribution in [0.5, 0.6) is 0 Å². The zero-order valence-electron chi connectivity index (χ0n) is 12.0. The third-order valence-electron chi connectivity index (χ3n) is 3.94. The summed E-state index contributed by atoms with van der Waals surface area (Å²) >= 11 is 0. The van der Waals surface area contributed by atoms with Crippen molar-refractivity contribution in [1.29, 1.82) is 0 Å². The first kappa shape index (κ1) is 14.8. The van der Waals surface area contributed by atoms with E-state index in [2.05, 4.69) is 4.72 Å². The first-order chi connectivity index (χ1) is 10.4. The number of hydrogen-bond donors (Lipinski definition) is 2. The van der Waals surface area contributed by atoms with E-state index < -0.39 is 16.0 Å². The monoisotopic (exact) mass is 320 g/mol. The van der Waals surface area contributed by atoms with Gasteiger partial charge >= 0.3 is 5.97 Å². The van der Waals surface area contributed by atoms with Crippen LogP contribution in [-0.4, -0.2) is 24.1 Å². The van der Waals surface area contributed by atoms with Crippen molar-refractivity contribution in [2.24, 2.45) is 7.05 Å². The molecule has 0 saturated carbocycles. The number of fused-ring (bicyclic) bond motifs is 1. The zero-order valence-corrected chi connectivity index (χ0v) is 12.8. The van der Waals surface area contributed by atoms with Crippen molar-refractivity contribution < 1.29 is 18.3 Å². The van der Waals surface area contributed by atoms with Crippen molar-refractivity contribution in [3.63, 3.8) is 0 Å². The molecule has 0 aliphatic heterocycles. The fourth-order valence-corrected chi connectivity index (χ4v) is 4.15. The second-order valence-corrected chi connectivity index (χ2v) is 7.10. The van der Waals surface area contributed by atoms with E-state index in [9.17, 15) is 13.2 Å². The summed E-state index contributed by atoms with van der Waals surface area (Å²) in [4.78, 5) is 11.0. The van der Waals surface area contributed by atoms with Crippen LogP contribution in [0.3, 0.4) is 0 Å². The van der Waals surface area contributed by atoms with E-state index in [1.165, 1.54) is 23.9 Å². The number of nitrogens with one attached hydrogen (secondary N) is 1. The van der Waals surface area contributed by atoms with Crippen LogP contribution in [0.15, 0.2) is 41.4 Å². The maximum atomic E-state index is 12.5. The van der Waals surface area contributed by atoms with Gasteiger partial charge in [-0.3, -0.25) is 0 Å². The van der Waals surface area contributed by atoms with Crippen LogP contribution < -0.4 is 4.72 Å². The van der Waals surface area contributed by atoms with Crippen molar-refractivity contribution in [3.8, 4) is 0 Å². The van der Waals surface area contributed by atoms with Crippen LogP contribution >= 0.6 is 0 Å². The second-order valence-electron chi connectivity index (χ2n) is 5.39. The van der Waals surface area contributed by atoms with E-state index in [1.807, 2.05) is 24.3 Å². The van der Waals surface area contributed by atoms with Gasteiger partial charge in [0.15, 0.2) is 0 Å². The summed E-state index contributed by atoms with van der Waals surface area (Å²) < 4.78 is 28.9. The number of rotatable bonds is 4. The molecule has 1 aliphatic rings. The molecular formula is C15H16N2O4S. The molecule has 3 rings (SSSR count). The number of sulfonamides is 1. The fourth-order valence-electron chi connectivity index (χ4n) is 2.83. The minimum Gasteiger partial charge on any atom is -0.477 e. The van der Waals surface area contributed by atoms with Gasteiger partial charge in [-0.2, -0.15) is 0 Å². The summed E-state index contributed by atoms with van der Waals surface area (Å²) in [5, 5.41) is 9.02. The molecule has 2 N–H and O–H groups in total. The third-order valence-corrected chi connectivity index (χ3v) is 5.38. The number of aryl methyl sites for hydroxylation is 2. The Labute approximate surface area is 128 Å². The lowest BCUT2D eigenvalue weighted by molar-refractivity contribution is 0.0686. The molecule has 0 saturated heterocycles. The Balaban J connectivity index is 1.89. The molecule has 1 heterocycles. The van der Waals surface area contributed by atoms with Gasteiger partial charge in [0.25, 0.3) is 0 Å². The van der Waals surface area contributed by atoms with Crippen molar-refractivity contribution >= 4 is 16.0 Å². The lowest BCUT2D eigenvalue weighted by atomic mass is 10.1. The third kappa shape index (κ3) is 2.53. The predicted octanol–water partition coefficient (Wildman–Crippen LogP) is 1.69. The van der Waals surface area contributed by atoms with Gasteiger partial charge < -0.3 is 9.67 Å². The van der Waals surface area contributed by atoms with E-state index in [0.29, 0.717) is 6.42 Å². The van der Waals surface area contributed by atoms with Gasteiger partial charge in [0.2, 0.25) is 10.0 Å². The number of benzene rings is 1. The summed E-state index contributed by atoms with van der Waals surface area (Å²) in [6, 6.07) is 8.64. The van der Waals surface area contributed by atoms with E-state index in [4.69, 9.17) is 5.11 Å².